The summed E-state index contributed by atoms with van der Waals surface area (Å²) >= 11 is 0. The number of Topliss-reactive ketones (excluding diaryl/α,β-unsaturated/α-hetero) is 1. The predicted molar refractivity (Wildman–Crippen MR) is 49.3 cm³/mol. The molecule has 0 saturated heterocycles. The van der Waals surface area contributed by atoms with Crippen molar-refractivity contribution in [2.24, 2.45) is 5.73 Å². The van der Waals surface area contributed by atoms with Crippen LogP contribution in [0.4, 0.5) is 4.39 Å². The average molecular weight is 181 g/mol. The van der Waals surface area contributed by atoms with Crippen molar-refractivity contribution in [1.82, 2.24) is 0 Å². The van der Waals surface area contributed by atoms with Crippen molar-refractivity contribution in [3.05, 3.63) is 35.9 Å². The lowest BCUT2D eigenvalue weighted by Crippen LogP contribution is -2.19. The van der Waals surface area contributed by atoms with Crippen molar-refractivity contribution < 1.29 is 9.18 Å². The summed E-state index contributed by atoms with van der Waals surface area (Å²) in [6.07, 6.45) is -1.37. The molecule has 0 aliphatic rings. The second kappa shape index (κ2) is 4.72. The van der Waals surface area contributed by atoms with Crippen LogP contribution in [0.2, 0.25) is 0 Å². The average Bonchev–Trinajstić information content (AvgIpc) is 2.18. The van der Waals surface area contributed by atoms with E-state index in [-0.39, 0.29) is 13.0 Å². The van der Waals surface area contributed by atoms with Crippen molar-refractivity contribution in [3.8, 4) is 0 Å². The maximum atomic E-state index is 13.1. The monoisotopic (exact) mass is 181 g/mol. The van der Waals surface area contributed by atoms with Gasteiger partial charge in [0.2, 0.25) is 0 Å². The summed E-state index contributed by atoms with van der Waals surface area (Å²) in [5.41, 5.74) is 5.56. The van der Waals surface area contributed by atoms with Gasteiger partial charge in [-0.25, -0.2) is 4.39 Å². The van der Waals surface area contributed by atoms with Gasteiger partial charge in [0.25, 0.3) is 0 Å². The maximum absolute atomic E-state index is 13.1. The van der Waals surface area contributed by atoms with Gasteiger partial charge in [-0.05, 0) is 13.0 Å². The first-order chi connectivity index (χ1) is 6.25. The van der Waals surface area contributed by atoms with Gasteiger partial charge in [-0.15, -0.1) is 0 Å². The minimum atomic E-state index is -1.47. The van der Waals surface area contributed by atoms with Crippen molar-refractivity contribution in [3.63, 3.8) is 0 Å². The van der Waals surface area contributed by atoms with Crippen LogP contribution >= 0.6 is 0 Å². The van der Waals surface area contributed by atoms with E-state index >= 15 is 0 Å². The molecule has 0 saturated carbocycles. The van der Waals surface area contributed by atoms with E-state index < -0.39 is 12.0 Å². The summed E-state index contributed by atoms with van der Waals surface area (Å²) < 4.78 is 13.1. The van der Waals surface area contributed by atoms with Crippen LogP contribution in [0.3, 0.4) is 0 Å². The van der Waals surface area contributed by atoms with Crippen LogP contribution in [-0.4, -0.2) is 18.5 Å². The lowest BCUT2D eigenvalue weighted by Gasteiger charge is -2.04. The Morgan fingerprint density at radius 2 is 2.00 bits per heavy atom. The van der Waals surface area contributed by atoms with Gasteiger partial charge in [-0.3, -0.25) is 4.79 Å². The summed E-state index contributed by atoms with van der Waals surface area (Å²) in [5, 5.41) is 0. The Balaban J connectivity index is 2.68. The number of carbonyl (C=O) groups is 1. The Morgan fingerprint density at radius 3 is 2.54 bits per heavy atom. The first-order valence-corrected chi connectivity index (χ1v) is 4.19. The molecule has 1 rings (SSSR count). The summed E-state index contributed by atoms with van der Waals surface area (Å²) in [6, 6.07) is 8.41. The zero-order valence-corrected chi connectivity index (χ0v) is 7.24. The van der Waals surface area contributed by atoms with Gasteiger partial charge >= 0.3 is 0 Å². The normalized spacial score (nSPS) is 12.5. The fourth-order valence-corrected chi connectivity index (χ4v) is 1.06. The van der Waals surface area contributed by atoms with Gasteiger partial charge < -0.3 is 5.73 Å². The molecule has 13 heavy (non-hydrogen) atoms. The van der Waals surface area contributed by atoms with Crippen molar-refractivity contribution in [2.75, 3.05) is 6.54 Å². The Hall–Kier alpha value is -1.22. The number of nitrogens with two attached hydrogens (primary N) is 1. The van der Waals surface area contributed by atoms with Crippen LogP contribution in [0.5, 0.6) is 0 Å². The standard InChI is InChI=1S/C10H12FNO/c11-9(6-7-12)10(13)8-4-2-1-3-5-8/h1-5,9H,6-7,12H2. The topological polar surface area (TPSA) is 43.1 Å². The van der Waals surface area contributed by atoms with Gasteiger partial charge in [-0.1, -0.05) is 30.3 Å². The molecule has 0 heterocycles. The molecule has 0 spiro atoms. The van der Waals surface area contributed by atoms with Gasteiger partial charge in [0.1, 0.15) is 0 Å². The molecule has 0 radical (unpaired) electrons. The summed E-state index contributed by atoms with van der Waals surface area (Å²) in [7, 11) is 0. The highest BCUT2D eigenvalue weighted by Crippen LogP contribution is 2.08. The first kappa shape index (κ1) is 9.86. The number of halogens is 1. The summed E-state index contributed by atoms with van der Waals surface area (Å²) in [5.74, 6) is -0.481. The molecule has 0 aliphatic carbocycles. The van der Waals surface area contributed by atoms with Gasteiger partial charge in [0.05, 0.1) is 0 Å². The number of hydrogen-bond donors (Lipinski definition) is 1. The minimum absolute atomic E-state index is 0.0910. The Labute approximate surface area is 76.6 Å². The zero-order chi connectivity index (χ0) is 9.68. The Bertz CT molecular complexity index is 274. The number of benzene rings is 1. The van der Waals surface area contributed by atoms with E-state index in [1.165, 1.54) is 0 Å². The van der Waals surface area contributed by atoms with E-state index in [1.807, 2.05) is 0 Å². The Kier molecular flexibility index (Phi) is 3.58. The highest BCUT2D eigenvalue weighted by atomic mass is 19.1. The fourth-order valence-electron chi connectivity index (χ4n) is 1.06. The summed E-state index contributed by atoms with van der Waals surface area (Å²) in [4.78, 5) is 11.3. The van der Waals surface area contributed by atoms with Crippen LogP contribution in [0.25, 0.3) is 0 Å². The van der Waals surface area contributed by atoms with Crippen molar-refractivity contribution >= 4 is 5.78 Å². The minimum Gasteiger partial charge on any atom is -0.330 e. The van der Waals surface area contributed by atoms with E-state index in [4.69, 9.17) is 5.73 Å². The smallest absolute Gasteiger partial charge is 0.196 e. The molecule has 0 bridgehead atoms. The third-order valence-electron chi connectivity index (χ3n) is 1.76. The molecule has 2 N–H and O–H groups in total. The molecular formula is C10H12FNO. The second-order valence-electron chi connectivity index (χ2n) is 2.78. The van der Waals surface area contributed by atoms with Gasteiger partial charge in [0.15, 0.2) is 12.0 Å². The number of ketones is 1. The predicted octanol–water partition coefficient (Wildman–Crippen LogP) is 1.56. The number of carbonyl (C=O) groups excluding carboxylic acids is 1. The second-order valence-corrected chi connectivity index (χ2v) is 2.78. The van der Waals surface area contributed by atoms with Crippen LogP contribution in [0.15, 0.2) is 30.3 Å². The molecule has 1 aromatic carbocycles. The molecule has 0 aromatic heterocycles. The third-order valence-corrected chi connectivity index (χ3v) is 1.76. The highest BCUT2D eigenvalue weighted by Gasteiger charge is 2.17. The molecule has 3 heteroatoms. The van der Waals surface area contributed by atoms with Crippen LogP contribution in [0, 0.1) is 0 Å². The van der Waals surface area contributed by atoms with Crippen molar-refractivity contribution in [2.45, 2.75) is 12.6 Å². The van der Waals surface area contributed by atoms with E-state index in [0.717, 1.165) is 0 Å². The van der Waals surface area contributed by atoms with Crippen LogP contribution in [-0.2, 0) is 0 Å². The Morgan fingerprint density at radius 1 is 1.38 bits per heavy atom. The lowest BCUT2D eigenvalue weighted by molar-refractivity contribution is 0.0871. The molecule has 1 unspecified atom stereocenters. The summed E-state index contributed by atoms with van der Waals surface area (Å²) in [6.45, 7) is 0.194. The SMILES string of the molecule is NCCC(F)C(=O)c1ccccc1. The lowest BCUT2D eigenvalue weighted by atomic mass is 10.1. The number of alkyl halides is 1. The van der Waals surface area contributed by atoms with Gasteiger partial charge in [0, 0.05) is 5.56 Å². The molecule has 70 valence electrons. The molecule has 0 aliphatic heterocycles. The maximum Gasteiger partial charge on any atom is 0.196 e. The number of rotatable bonds is 4. The van der Waals surface area contributed by atoms with Crippen LogP contribution < -0.4 is 5.73 Å². The third kappa shape index (κ3) is 2.63. The molecule has 0 amide bonds. The molecule has 1 aromatic rings. The number of hydrogen-bond acceptors (Lipinski definition) is 2. The zero-order valence-electron chi connectivity index (χ0n) is 7.24. The fraction of sp³-hybridized carbons (Fsp3) is 0.300. The molecule has 0 fully saturated rings. The van der Waals surface area contributed by atoms with Gasteiger partial charge in [-0.2, -0.15) is 0 Å². The molecule has 1 atom stereocenters. The van der Waals surface area contributed by atoms with E-state index in [1.54, 1.807) is 30.3 Å². The van der Waals surface area contributed by atoms with Crippen molar-refractivity contribution in [1.29, 1.82) is 0 Å². The molecular weight excluding hydrogens is 169 g/mol. The molecule has 2 nitrogen and oxygen atoms in total. The van der Waals surface area contributed by atoms with E-state index in [0.29, 0.717) is 5.56 Å². The van der Waals surface area contributed by atoms with E-state index in [2.05, 4.69) is 0 Å². The largest absolute Gasteiger partial charge is 0.330 e. The first-order valence-electron chi connectivity index (χ1n) is 4.19. The highest BCUT2D eigenvalue weighted by molar-refractivity contribution is 5.99. The quantitative estimate of drug-likeness (QED) is 0.716. The van der Waals surface area contributed by atoms with E-state index in [9.17, 15) is 9.18 Å². The van der Waals surface area contributed by atoms with Crippen LogP contribution in [0.1, 0.15) is 16.8 Å².